The zero-order valence-corrected chi connectivity index (χ0v) is 15.8. The first-order valence-electron chi connectivity index (χ1n) is 9.23. The van der Waals surface area contributed by atoms with Crippen LogP contribution in [0.3, 0.4) is 0 Å². The van der Waals surface area contributed by atoms with Gasteiger partial charge in [0.2, 0.25) is 0 Å². The van der Waals surface area contributed by atoms with Crippen LogP contribution in [-0.4, -0.2) is 79.3 Å². The SMILES string of the molecule is CN1CCCN(C[C@@H]2CN(Cc3ccc(Cl)cc3F)C[C@@H]2CO)CC1. The van der Waals surface area contributed by atoms with Gasteiger partial charge in [0, 0.05) is 56.5 Å². The summed E-state index contributed by atoms with van der Waals surface area (Å²) in [5.74, 6) is 0.479. The summed E-state index contributed by atoms with van der Waals surface area (Å²) in [4.78, 5) is 7.18. The number of nitrogens with zero attached hydrogens (tertiary/aromatic N) is 3. The summed E-state index contributed by atoms with van der Waals surface area (Å²) in [5, 5.41) is 10.2. The summed E-state index contributed by atoms with van der Waals surface area (Å²) in [7, 11) is 2.18. The molecule has 0 bridgehead atoms. The Labute approximate surface area is 155 Å². The Kier molecular flexibility index (Phi) is 6.69. The highest BCUT2D eigenvalue weighted by Gasteiger charge is 2.33. The van der Waals surface area contributed by atoms with Crippen molar-refractivity contribution in [3.8, 4) is 0 Å². The first-order valence-corrected chi connectivity index (χ1v) is 9.61. The Morgan fingerprint density at radius 2 is 1.92 bits per heavy atom. The van der Waals surface area contributed by atoms with Crippen molar-refractivity contribution in [1.82, 2.24) is 14.7 Å². The van der Waals surface area contributed by atoms with Crippen LogP contribution < -0.4 is 0 Å². The van der Waals surface area contributed by atoms with Gasteiger partial charge in [-0.1, -0.05) is 17.7 Å². The van der Waals surface area contributed by atoms with Gasteiger partial charge in [-0.15, -0.1) is 0 Å². The molecular weight excluding hydrogens is 341 g/mol. The molecule has 0 aromatic heterocycles. The predicted molar refractivity (Wildman–Crippen MR) is 99.3 cm³/mol. The number of hydrogen-bond acceptors (Lipinski definition) is 4. The molecule has 0 amide bonds. The van der Waals surface area contributed by atoms with Crippen molar-refractivity contribution in [1.29, 1.82) is 0 Å². The van der Waals surface area contributed by atoms with Gasteiger partial charge >= 0.3 is 0 Å². The molecule has 0 spiro atoms. The van der Waals surface area contributed by atoms with Crippen LogP contribution in [0.2, 0.25) is 5.02 Å². The molecule has 2 fully saturated rings. The lowest BCUT2D eigenvalue weighted by molar-refractivity contribution is 0.165. The minimum absolute atomic E-state index is 0.206. The van der Waals surface area contributed by atoms with E-state index in [2.05, 4.69) is 21.7 Å². The largest absolute Gasteiger partial charge is 0.396 e. The van der Waals surface area contributed by atoms with E-state index < -0.39 is 0 Å². The van der Waals surface area contributed by atoms with Crippen LogP contribution in [0.4, 0.5) is 4.39 Å². The van der Waals surface area contributed by atoms with E-state index in [9.17, 15) is 9.50 Å². The van der Waals surface area contributed by atoms with Crippen molar-refractivity contribution in [3.63, 3.8) is 0 Å². The second-order valence-corrected chi connectivity index (χ2v) is 8.03. The van der Waals surface area contributed by atoms with Crippen molar-refractivity contribution in [3.05, 3.63) is 34.6 Å². The number of aliphatic hydroxyl groups excluding tert-OH is 1. The molecule has 25 heavy (non-hydrogen) atoms. The molecular formula is C19H29ClFN3O. The molecule has 2 saturated heterocycles. The molecule has 2 heterocycles. The lowest BCUT2D eigenvalue weighted by Gasteiger charge is -2.26. The van der Waals surface area contributed by atoms with Gasteiger partial charge in [-0.25, -0.2) is 4.39 Å². The Balaban J connectivity index is 1.58. The molecule has 2 aliphatic rings. The van der Waals surface area contributed by atoms with Gasteiger partial charge in [-0.3, -0.25) is 4.90 Å². The van der Waals surface area contributed by atoms with Crippen LogP contribution in [0.25, 0.3) is 0 Å². The van der Waals surface area contributed by atoms with E-state index in [1.54, 1.807) is 12.1 Å². The maximum absolute atomic E-state index is 14.1. The Bertz CT molecular complexity index is 574. The maximum atomic E-state index is 14.1. The molecule has 1 N–H and O–H groups in total. The Morgan fingerprint density at radius 3 is 2.68 bits per heavy atom. The van der Waals surface area contributed by atoms with Crippen LogP contribution >= 0.6 is 11.6 Å². The quantitative estimate of drug-likeness (QED) is 0.861. The highest BCUT2D eigenvalue weighted by Crippen LogP contribution is 2.27. The average Bonchev–Trinajstić information content (AvgIpc) is 2.84. The van der Waals surface area contributed by atoms with Crippen LogP contribution in [0.5, 0.6) is 0 Å². The minimum atomic E-state index is -0.243. The minimum Gasteiger partial charge on any atom is -0.396 e. The second kappa shape index (κ2) is 8.78. The normalized spacial score (nSPS) is 26.9. The summed E-state index contributed by atoms with van der Waals surface area (Å²) in [6.07, 6.45) is 1.20. The zero-order valence-electron chi connectivity index (χ0n) is 15.0. The number of benzene rings is 1. The molecule has 4 nitrogen and oxygen atoms in total. The van der Waals surface area contributed by atoms with Gasteiger partial charge in [-0.05, 0) is 50.5 Å². The van der Waals surface area contributed by atoms with Gasteiger partial charge < -0.3 is 14.9 Å². The van der Waals surface area contributed by atoms with Gasteiger partial charge in [-0.2, -0.15) is 0 Å². The van der Waals surface area contributed by atoms with E-state index in [4.69, 9.17) is 11.6 Å². The molecule has 1 aromatic rings. The maximum Gasteiger partial charge on any atom is 0.129 e. The van der Waals surface area contributed by atoms with Crippen molar-refractivity contribution in [2.45, 2.75) is 13.0 Å². The molecule has 6 heteroatoms. The van der Waals surface area contributed by atoms with Crippen LogP contribution in [0.15, 0.2) is 18.2 Å². The lowest BCUT2D eigenvalue weighted by atomic mass is 9.96. The fourth-order valence-electron chi connectivity index (χ4n) is 4.08. The first kappa shape index (κ1) is 19.1. The van der Waals surface area contributed by atoms with Crippen LogP contribution in [0, 0.1) is 17.7 Å². The number of likely N-dealkylation sites (tertiary alicyclic amines) is 1. The van der Waals surface area contributed by atoms with Crippen LogP contribution in [0.1, 0.15) is 12.0 Å². The number of aliphatic hydroxyl groups is 1. The third-order valence-corrected chi connectivity index (χ3v) is 5.84. The van der Waals surface area contributed by atoms with Crippen molar-refractivity contribution in [2.75, 3.05) is 59.5 Å². The number of likely N-dealkylation sites (N-methyl/N-ethyl adjacent to an activating group) is 1. The Hall–Kier alpha value is -0.720. The monoisotopic (exact) mass is 369 g/mol. The van der Waals surface area contributed by atoms with E-state index in [1.807, 2.05) is 0 Å². The summed E-state index contributed by atoms with van der Waals surface area (Å²) in [5.41, 5.74) is 0.679. The highest BCUT2D eigenvalue weighted by molar-refractivity contribution is 6.30. The van der Waals surface area contributed by atoms with E-state index in [-0.39, 0.29) is 18.3 Å². The molecule has 0 radical (unpaired) electrons. The predicted octanol–water partition coefficient (Wildman–Crippen LogP) is 2.16. The average molecular weight is 370 g/mol. The molecule has 0 saturated carbocycles. The first-order chi connectivity index (χ1) is 12.0. The summed E-state index contributed by atoms with van der Waals surface area (Å²) in [6.45, 7) is 8.05. The van der Waals surface area contributed by atoms with Crippen LogP contribution in [-0.2, 0) is 6.54 Å². The summed E-state index contributed by atoms with van der Waals surface area (Å²) >= 11 is 5.84. The van der Waals surface area contributed by atoms with Crippen molar-refractivity contribution in [2.24, 2.45) is 11.8 Å². The van der Waals surface area contributed by atoms with Gasteiger partial charge in [0.25, 0.3) is 0 Å². The van der Waals surface area contributed by atoms with Gasteiger partial charge in [0.1, 0.15) is 5.82 Å². The molecule has 140 valence electrons. The summed E-state index contributed by atoms with van der Waals surface area (Å²) < 4.78 is 14.1. The van der Waals surface area contributed by atoms with Crippen molar-refractivity contribution < 1.29 is 9.50 Å². The Morgan fingerprint density at radius 1 is 1.12 bits per heavy atom. The molecule has 1 aromatic carbocycles. The lowest BCUT2D eigenvalue weighted by Crippen LogP contribution is -2.36. The standard InChI is InChI=1S/C19H29ClFN3O/c1-22-5-2-6-23(8-7-22)11-16-12-24(13-17(16)14-25)10-15-3-4-18(20)9-19(15)21/h3-4,9,16-17,25H,2,5-8,10-14H2,1H3/t16-,17-/m1/s1. The molecule has 2 atom stereocenters. The zero-order chi connectivity index (χ0) is 17.8. The van der Waals surface area contributed by atoms with Crippen molar-refractivity contribution >= 4 is 11.6 Å². The van der Waals surface area contributed by atoms with Gasteiger partial charge in [0.05, 0.1) is 0 Å². The van der Waals surface area contributed by atoms with E-state index in [0.29, 0.717) is 23.0 Å². The third-order valence-electron chi connectivity index (χ3n) is 5.60. The van der Waals surface area contributed by atoms with Gasteiger partial charge in [0.15, 0.2) is 0 Å². The number of hydrogen-bond donors (Lipinski definition) is 1. The molecule has 0 aliphatic carbocycles. The number of rotatable bonds is 5. The fourth-order valence-corrected chi connectivity index (χ4v) is 4.24. The summed E-state index contributed by atoms with van der Waals surface area (Å²) in [6, 6.07) is 4.88. The fraction of sp³-hybridized carbons (Fsp3) is 0.684. The molecule has 0 unspecified atom stereocenters. The van der Waals surface area contributed by atoms with E-state index in [1.165, 1.54) is 12.5 Å². The van der Waals surface area contributed by atoms with E-state index >= 15 is 0 Å². The third kappa shape index (κ3) is 5.14. The van der Waals surface area contributed by atoms with E-state index in [0.717, 1.165) is 45.8 Å². The molecule has 3 rings (SSSR count). The highest BCUT2D eigenvalue weighted by atomic mass is 35.5. The second-order valence-electron chi connectivity index (χ2n) is 7.59. The smallest absolute Gasteiger partial charge is 0.129 e. The topological polar surface area (TPSA) is 30.0 Å². The number of halogens is 2. The molecule has 2 aliphatic heterocycles.